The second kappa shape index (κ2) is 5.53. The zero-order valence-electron chi connectivity index (χ0n) is 10.2. The Labute approximate surface area is 111 Å². The fourth-order valence-electron chi connectivity index (χ4n) is 2.14. The number of halogens is 2. The van der Waals surface area contributed by atoms with Gasteiger partial charge in [-0.3, -0.25) is 0 Å². The Morgan fingerprint density at radius 2 is 2.33 bits per heavy atom. The van der Waals surface area contributed by atoms with Gasteiger partial charge in [-0.1, -0.05) is 11.6 Å². The molecule has 0 radical (unpaired) electrons. The number of hydrogen-bond donors (Lipinski definition) is 2. The number of nitrogens with one attached hydrogen (secondary N) is 1. The Morgan fingerprint density at radius 3 is 2.94 bits per heavy atom. The average Bonchev–Trinajstić information content (AvgIpc) is 2.58. The zero-order chi connectivity index (χ0) is 13.2. The Hall–Kier alpha value is -0.680. The van der Waals surface area contributed by atoms with E-state index < -0.39 is 5.60 Å². The summed E-state index contributed by atoms with van der Waals surface area (Å²) in [5.41, 5.74) is -0.0768. The minimum atomic E-state index is -0.836. The van der Waals surface area contributed by atoms with E-state index in [9.17, 15) is 9.50 Å². The average molecular weight is 274 g/mol. The highest BCUT2D eigenvalue weighted by Crippen LogP contribution is 2.24. The molecular formula is C13H17ClFNO2. The van der Waals surface area contributed by atoms with Crippen LogP contribution in [0.1, 0.15) is 18.9 Å². The van der Waals surface area contributed by atoms with Gasteiger partial charge in [-0.25, -0.2) is 4.39 Å². The summed E-state index contributed by atoms with van der Waals surface area (Å²) in [4.78, 5) is 0. The molecule has 2 unspecified atom stereocenters. The van der Waals surface area contributed by atoms with Gasteiger partial charge in [0.25, 0.3) is 0 Å². The summed E-state index contributed by atoms with van der Waals surface area (Å²) >= 11 is 5.77. The summed E-state index contributed by atoms with van der Waals surface area (Å²) in [6, 6.07) is 4.40. The van der Waals surface area contributed by atoms with E-state index in [1.54, 1.807) is 6.07 Å². The van der Waals surface area contributed by atoms with Crippen LogP contribution in [0.2, 0.25) is 5.02 Å². The summed E-state index contributed by atoms with van der Waals surface area (Å²) in [7, 11) is 0. The first-order valence-corrected chi connectivity index (χ1v) is 6.37. The van der Waals surface area contributed by atoms with Crippen molar-refractivity contribution in [3.05, 3.63) is 34.6 Å². The van der Waals surface area contributed by atoms with Crippen LogP contribution in [0.15, 0.2) is 18.2 Å². The molecule has 1 fully saturated rings. The van der Waals surface area contributed by atoms with Crippen molar-refractivity contribution < 1.29 is 14.2 Å². The van der Waals surface area contributed by atoms with Gasteiger partial charge < -0.3 is 15.2 Å². The fraction of sp³-hybridized carbons (Fsp3) is 0.538. The standard InChI is InChI=1S/C13H17ClFNO2/c1-9-13(17,2-3-18-9)8-16-7-10-4-11(14)6-12(15)5-10/h4-6,9,16-17H,2-3,7-8H2,1H3. The van der Waals surface area contributed by atoms with Crippen molar-refractivity contribution in [2.75, 3.05) is 13.2 Å². The Morgan fingerprint density at radius 1 is 1.56 bits per heavy atom. The maximum absolute atomic E-state index is 13.1. The number of hydrogen-bond acceptors (Lipinski definition) is 3. The van der Waals surface area contributed by atoms with Crippen LogP contribution in [0.3, 0.4) is 0 Å². The van der Waals surface area contributed by atoms with Crippen molar-refractivity contribution in [2.24, 2.45) is 0 Å². The highest BCUT2D eigenvalue weighted by molar-refractivity contribution is 6.30. The molecule has 1 saturated heterocycles. The van der Waals surface area contributed by atoms with Crippen molar-refractivity contribution in [1.82, 2.24) is 5.32 Å². The molecule has 2 atom stereocenters. The van der Waals surface area contributed by atoms with E-state index in [1.165, 1.54) is 12.1 Å². The number of rotatable bonds is 4. The molecule has 100 valence electrons. The second-order valence-electron chi connectivity index (χ2n) is 4.75. The van der Waals surface area contributed by atoms with Gasteiger partial charge in [0.1, 0.15) is 11.4 Å². The summed E-state index contributed by atoms with van der Waals surface area (Å²) in [5.74, 6) is -0.351. The predicted octanol–water partition coefficient (Wildman–Crippen LogP) is 2.11. The van der Waals surface area contributed by atoms with Crippen LogP contribution in [0.4, 0.5) is 4.39 Å². The lowest BCUT2D eigenvalue weighted by Gasteiger charge is -2.26. The third-order valence-electron chi connectivity index (χ3n) is 3.34. The Bertz CT molecular complexity index is 409. The van der Waals surface area contributed by atoms with Crippen LogP contribution in [-0.2, 0) is 11.3 Å². The van der Waals surface area contributed by atoms with Gasteiger partial charge in [0.15, 0.2) is 0 Å². The molecule has 2 N–H and O–H groups in total. The van der Waals surface area contributed by atoms with Crippen LogP contribution in [0.5, 0.6) is 0 Å². The monoisotopic (exact) mass is 273 g/mol. The van der Waals surface area contributed by atoms with Gasteiger partial charge in [0.2, 0.25) is 0 Å². The molecule has 3 nitrogen and oxygen atoms in total. The van der Waals surface area contributed by atoms with Gasteiger partial charge in [-0.05, 0) is 30.7 Å². The molecule has 0 spiro atoms. The highest BCUT2D eigenvalue weighted by atomic mass is 35.5. The van der Waals surface area contributed by atoms with Crippen LogP contribution in [0, 0.1) is 5.82 Å². The van der Waals surface area contributed by atoms with Crippen LogP contribution in [-0.4, -0.2) is 30.0 Å². The SMILES string of the molecule is CC1OCCC1(O)CNCc1cc(F)cc(Cl)c1. The van der Waals surface area contributed by atoms with Crippen LogP contribution in [0.25, 0.3) is 0 Å². The van der Waals surface area contributed by atoms with Crippen molar-refractivity contribution in [3.63, 3.8) is 0 Å². The Kier molecular flexibility index (Phi) is 4.22. The molecule has 0 saturated carbocycles. The molecule has 1 aliphatic rings. The summed E-state index contributed by atoms with van der Waals surface area (Å²) in [5, 5.41) is 13.8. The third kappa shape index (κ3) is 3.20. The lowest BCUT2D eigenvalue weighted by Crippen LogP contribution is -2.45. The fourth-order valence-corrected chi connectivity index (χ4v) is 2.38. The molecule has 2 rings (SSSR count). The molecule has 1 aromatic rings. The molecule has 5 heteroatoms. The van der Waals surface area contributed by atoms with Crippen LogP contribution < -0.4 is 5.32 Å². The molecular weight excluding hydrogens is 257 g/mol. The second-order valence-corrected chi connectivity index (χ2v) is 5.18. The van der Waals surface area contributed by atoms with Gasteiger partial charge in [0.05, 0.1) is 6.10 Å². The summed E-state index contributed by atoms with van der Waals surface area (Å²) < 4.78 is 18.5. The maximum atomic E-state index is 13.1. The van der Waals surface area contributed by atoms with Gasteiger partial charge in [0, 0.05) is 31.1 Å². The smallest absolute Gasteiger partial charge is 0.125 e. The molecule has 1 aromatic carbocycles. The van der Waals surface area contributed by atoms with Gasteiger partial charge >= 0.3 is 0 Å². The zero-order valence-corrected chi connectivity index (χ0v) is 11.0. The normalized spacial score (nSPS) is 27.7. The largest absolute Gasteiger partial charge is 0.386 e. The predicted molar refractivity (Wildman–Crippen MR) is 68.1 cm³/mol. The molecule has 0 aromatic heterocycles. The Balaban J connectivity index is 1.88. The maximum Gasteiger partial charge on any atom is 0.125 e. The van der Waals surface area contributed by atoms with E-state index in [1.807, 2.05) is 6.92 Å². The van der Waals surface area contributed by atoms with Gasteiger partial charge in [-0.2, -0.15) is 0 Å². The minimum absolute atomic E-state index is 0.180. The quantitative estimate of drug-likeness (QED) is 0.883. The van der Waals surface area contributed by atoms with Crippen molar-refractivity contribution in [1.29, 1.82) is 0 Å². The van der Waals surface area contributed by atoms with E-state index >= 15 is 0 Å². The first-order valence-electron chi connectivity index (χ1n) is 5.99. The first-order chi connectivity index (χ1) is 8.49. The van der Waals surface area contributed by atoms with Gasteiger partial charge in [-0.15, -0.1) is 0 Å². The van der Waals surface area contributed by atoms with E-state index in [0.29, 0.717) is 31.1 Å². The molecule has 1 heterocycles. The summed E-state index contributed by atoms with van der Waals surface area (Å²) in [6.45, 7) is 3.31. The number of ether oxygens (including phenoxy) is 1. The summed E-state index contributed by atoms with van der Waals surface area (Å²) in [6.07, 6.45) is 0.437. The topological polar surface area (TPSA) is 41.5 Å². The van der Waals surface area contributed by atoms with Crippen molar-refractivity contribution in [3.8, 4) is 0 Å². The van der Waals surface area contributed by atoms with Crippen molar-refractivity contribution in [2.45, 2.75) is 31.6 Å². The van der Waals surface area contributed by atoms with E-state index in [2.05, 4.69) is 5.32 Å². The molecule has 0 bridgehead atoms. The molecule has 0 aliphatic carbocycles. The van der Waals surface area contributed by atoms with E-state index in [0.717, 1.165) is 5.56 Å². The molecule has 18 heavy (non-hydrogen) atoms. The lowest BCUT2D eigenvalue weighted by molar-refractivity contribution is -0.0262. The first kappa shape index (κ1) is 13.7. The van der Waals surface area contributed by atoms with Crippen LogP contribution >= 0.6 is 11.6 Å². The van der Waals surface area contributed by atoms with E-state index in [4.69, 9.17) is 16.3 Å². The van der Waals surface area contributed by atoms with Crippen molar-refractivity contribution >= 4 is 11.6 Å². The van der Waals surface area contributed by atoms with E-state index in [-0.39, 0.29) is 11.9 Å². The minimum Gasteiger partial charge on any atom is -0.386 e. The third-order valence-corrected chi connectivity index (χ3v) is 3.56. The highest BCUT2D eigenvalue weighted by Gasteiger charge is 2.38. The number of aliphatic hydroxyl groups is 1. The molecule has 1 aliphatic heterocycles. The lowest BCUT2D eigenvalue weighted by atomic mass is 9.96. The molecule has 0 amide bonds. The number of benzene rings is 1.